The van der Waals surface area contributed by atoms with Gasteiger partial charge < -0.3 is 5.32 Å². The molecule has 2 aromatic carbocycles. The molecule has 1 aliphatic rings. The van der Waals surface area contributed by atoms with Gasteiger partial charge in [-0.2, -0.15) is 0 Å². The van der Waals surface area contributed by atoms with Crippen LogP contribution in [0.3, 0.4) is 0 Å². The predicted octanol–water partition coefficient (Wildman–Crippen LogP) is 3.45. The number of hydrogen-bond acceptors (Lipinski definition) is 1. The van der Waals surface area contributed by atoms with Gasteiger partial charge in [0.2, 0.25) is 0 Å². The van der Waals surface area contributed by atoms with Crippen LogP contribution in [0.25, 0.3) is 11.1 Å². The van der Waals surface area contributed by atoms with Gasteiger partial charge in [0.15, 0.2) is 0 Å². The molecule has 0 spiro atoms. The summed E-state index contributed by atoms with van der Waals surface area (Å²) >= 11 is 0. The topological polar surface area (TPSA) is 12.0 Å². The Hall–Kier alpha value is -1.67. The minimum atomic E-state index is -0.132. The quantitative estimate of drug-likeness (QED) is 0.806. The first-order valence-electron chi connectivity index (χ1n) is 6.34. The maximum absolute atomic E-state index is 14.0. The monoisotopic (exact) mass is 241 g/mol. The molecule has 0 unspecified atom stereocenters. The standard InChI is InChI=1S/C16H16FN/c1-11-5-6-16(17)15(9-11)14-4-2-3-12-10-18-8-7-13(12)14/h2-6,9,18H,7-8,10H2,1H3. The summed E-state index contributed by atoms with van der Waals surface area (Å²) in [5, 5.41) is 3.35. The van der Waals surface area contributed by atoms with E-state index in [1.807, 2.05) is 31.2 Å². The Labute approximate surface area is 107 Å². The van der Waals surface area contributed by atoms with Gasteiger partial charge in [-0.15, -0.1) is 0 Å². The van der Waals surface area contributed by atoms with Crippen molar-refractivity contribution in [3.05, 3.63) is 58.9 Å². The van der Waals surface area contributed by atoms with E-state index >= 15 is 0 Å². The molecule has 18 heavy (non-hydrogen) atoms. The Morgan fingerprint density at radius 3 is 2.89 bits per heavy atom. The first-order chi connectivity index (χ1) is 8.75. The van der Waals surface area contributed by atoms with Crippen molar-refractivity contribution in [2.75, 3.05) is 6.54 Å². The highest BCUT2D eigenvalue weighted by atomic mass is 19.1. The Morgan fingerprint density at radius 2 is 2.00 bits per heavy atom. The molecule has 92 valence electrons. The zero-order valence-electron chi connectivity index (χ0n) is 10.5. The highest BCUT2D eigenvalue weighted by molar-refractivity contribution is 5.70. The number of fused-ring (bicyclic) bond motifs is 1. The van der Waals surface area contributed by atoms with Crippen molar-refractivity contribution in [2.45, 2.75) is 19.9 Å². The molecule has 0 saturated carbocycles. The van der Waals surface area contributed by atoms with Crippen molar-refractivity contribution in [2.24, 2.45) is 0 Å². The Balaban J connectivity index is 2.19. The molecule has 0 radical (unpaired) electrons. The molecule has 0 saturated heterocycles. The second-order valence-electron chi connectivity index (χ2n) is 4.85. The maximum Gasteiger partial charge on any atom is 0.131 e. The van der Waals surface area contributed by atoms with Crippen molar-refractivity contribution in [3.8, 4) is 11.1 Å². The van der Waals surface area contributed by atoms with Gasteiger partial charge in [-0.25, -0.2) is 4.39 Å². The van der Waals surface area contributed by atoms with Gasteiger partial charge in [0.25, 0.3) is 0 Å². The van der Waals surface area contributed by atoms with Crippen molar-refractivity contribution >= 4 is 0 Å². The van der Waals surface area contributed by atoms with Crippen molar-refractivity contribution in [1.82, 2.24) is 5.32 Å². The van der Waals surface area contributed by atoms with Gasteiger partial charge in [-0.05, 0) is 48.7 Å². The van der Waals surface area contributed by atoms with Crippen molar-refractivity contribution in [1.29, 1.82) is 0 Å². The average molecular weight is 241 g/mol. The van der Waals surface area contributed by atoms with Crippen LogP contribution < -0.4 is 5.32 Å². The normalized spacial score (nSPS) is 14.3. The molecule has 0 amide bonds. The molecule has 0 bridgehead atoms. The van der Waals surface area contributed by atoms with E-state index < -0.39 is 0 Å². The molecule has 1 aliphatic heterocycles. The van der Waals surface area contributed by atoms with Crippen LogP contribution in [0.15, 0.2) is 36.4 Å². The highest BCUT2D eigenvalue weighted by Gasteiger charge is 2.15. The van der Waals surface area contributed by atoms with E-state index in [1.54, 1.807) is 6.07 Å². The first kappa shape index (κ1) is 11.4. The summed E-state index contributed by atoms with van der Waals surface area (Å²) in [7, 11) is 0. The molecule has 0 aliphatic carbocycles. The van der Waals surface area contributed by atoms with Gasteiger partial charge in [-0.3, -0.25) is 0 Å². The zero-order valence-corrected chi connectivity index (χ0v) is 10.5. The number of benzene rings is 2. The van der Waals surface area contributed by atoms with Crippen LogP contribution in [0.5, 0.6) is 0 Å². The summed E-state index contributed by atoms with van der Waals surface area (Å²) < 4.78 is 14.0. The lowest BCUT2D eigenvalue weighted by atomic mass is 9.90. The fourth-order valence-electron chi connectivity index (χ4n) is 2.63. The van der Waals surface area contributed by atoms with E-state index in [0.29, 0.717) is 0 Å². The number of aryl methyl sites for hydroxylation is 1. The van der Waals surface area contributed by atoms with E-state index in [2.05, 4.69) is 11.4 Å². The van der Waals surface area contributed by atoms with Crippen LogP contribution in [-0.4, -0.2) is 6.54 Å². The van der Waals surface area contributed by atoms with E-state index in [9.17, 15) is 4.39 Å². The number of halogens is 1. The van der Waals surface area contributed by atoms with Gasteiger partial charge in [0.1, 0.15) is 5.82 Å². The summed E-state index contributed by atoms with van der Waals surface area (Å²) in [6.45, 7) is 3.86. The minimum Gasteiger partial charge on any atom is -0.312 e. The van der Waals surface area contributed by atoms with Crippen LogP contribution in [0.1, 0.15) is 16.7 Å². The van der Waals surface area contributed by atoms with Gasteiger partial charge in [0, 0.05) is 12.1 Å². The molecular formula is C16H16FN. The van der Waals surface area contributed by atoms with Gasteiger partial charge >= 0.3 is 0 Å². The number of rotatable bonds is 1. The molecule has 1 heterocycles. The molecule has 1 nitrogen and oxygen atoms in total. The average Bonchev–Trinajstić information content (AvgIpc) is 2.41. The predicted molar refractivity (Wildman–Crippen MR) is 72.0 cm³/mol. The van der Waals surface area contributed by atoms with E-state index in [0.717, 1.165) is 36.2 Å². The molecule has 2 heteroatoms. The number of nitrogens with one attached hydrogen (secondary N) is 1. The van der Waals surface area contributed by atoms with Crippen LogP contribution in [0.2, 0.25) is 0 Å². The van der Waals surface area contributed by atoms with E-state index in [1.165, 1.54) is 11.1 Å². The molecular weight excluding hydrogens is 225 g/mol. The fraction of sp³-hybridized carbons (Fsp3) is 0.250. The zero-order chi connectivity index (χ0) is 12.5. The van der Waals surface area contributed by atoms with Crippen LogP contribution >= 0.6 is 0 Å². The molecule has 1 N–H and O–H groups in total. The Morgan fingerprint density at radius 1 is 1.11 bits per heavy atom. The molecule has 0 atom stereocenters. The summed E-state index contributed by atoms with van der Waals surface area (Å²) in [5.41, 5.74) is 5.46. The van der Waals surface area contributed by atoms with Crippen LogP contribution in [0.4, 0.5) is 4.39 Å². The van der Waals surface area contributed by atoms with E-state index in [4.69, 9.17) is 0 Å². The van der Waals surface area contributed by atoms with Gasteiger partial charge in [-0.1, -0.05) is 29.8 Å². The molecule has 0 fully saturated rings. The van der Waals surface area contributed by atoms with Gasteiger partial charge in [0.05, 0.1) is 0 Å². The summed E-state index contributed by atoms with van der Waals surface area (Å²) in [6, 6.07) is 11.5. The van der Waals surface area contributed by atoms with Crippen LogP contribution in [-0.2, 0) is 13.0 Å². The SMILES string of the molecule is Cc1ccc(F)c(-c2cccc3c2CCNC3)c1. The minimum absolute atomic E-state index is 0.132. The first-order valence-corrected chi connectivity index (χ1v) is 6.34. The third-order valence-electron chi connectivity index (χ3n) is 3.55. The van der Waals surface area contributed by atoms with Crippen molar-refractivity contribution in [3.63, 3.8) is 0 Å². The summed E-state index contributed by atoms with van der Waals surface area (Å²) in [4.78, 5) is 0. The largest absolute Gasteiger partial charge is 0.312 e. The second kappa shape index (κ2) is 4.54. The Kier molecular flexibility index (Phi) is 2.88. The number of hydrogen-bond donors (Lipinski definition) is 1. The fourth-order valence-corrected chi connectivity index (χ4v) is 2.63. The maximum atomic E-state index is 14.0. The lowest BCUT2D eigenvalue weighted by molar-refractivity contribution is 0.627. The third-order valence-corrected chi connectivity index (χ3v) is 3.55. The highest BCUT2D eigenvalue weighted by Crippen LogP contribution is 2.30. The molecule has 3 rings (SSSR count). The summed E-state index contributed by atoms with van der Waals surface area (Å²) in [5.74, 6) is -0.132. The second-order valence-corrected chi connectivity index (χ2v) is 4.85. The summed E-state index contributed by atoms with van der Waals surface area (Å²) in [6.07, 6.45) is 0.971. The third kappa shape index (κ3) is 1.93. The van der Waals surface area contributed by atoms with E-state index in [-0.39, 0.29) is 5.82 Å². The molecule has 2 aromatic rings. The lowest BCUT2D eigenvalue weighted by Crippen LogP contribution is -2.24. The lowest BCUT2D eigenvalue weighted by Gasteiger charge is -2.20. The van der Waals surface area contributed by atoms with Crippen LogP contribution in [0, 0.1) is 12.7 Å². The smallest absolute Gasteiger partial charge is 0.131 e. The van der Waals surface area contributed by atoms with Crippen molar-refractivity contribution < 1.29 is 4.39 Å². The molecule has 0 aromatic heterocycles. The Bertz CT molecular complexity index is 590.